The summed E-state index contributed by atoms with van der Waals surface area (Å²) in [5.74, 6) is 0. The molecule has 0 heterocycles. The second-order valence-electron chi connectivity index (χ2n) is 4.25. The maximum Gasteiger partial charge on any atom is 0.0992 e. The van der Waals surface area contributed by atoms with Gasteiger partial charge in [-0.05, 0) is 30.7 Å². The first kappa shape index (κ1) is 12.0. The van der Waals surface area contributed by atoms with Gasteiger partial charge in [-0.1, -0.05) is 29.8 Å². The molecule has 0 aliphatic heterocycles. The molecule has 18 heavy (non-hydrogen) atoms. The predicted octanol–water partition coefficient (Wildman–Crippen LogP) is 3.06. The van der Waals surface area contributed by atoms with Crippen molar-refractivity contribution in [3.63, 3.8) is 0 Å². The number of nitriles is 1. The van der Waals surface area contributed by atoms with Gasteiger partial charge in [-0.2, -0.15) is 5.26 Å². The highest BCUT2D eigenvalue weighted by Gasteiger charge is 2.00. The summed E-state index contributed by atoms with van der Waals surface area (Å²) < 4.78 is 0. The molecule has 0 aliphatic rings. The number of nitrogen functional groups attached to an aromatic ring is 1. The zero-order valence-corrected chi connectivity index (χ0v) is 10.3. The van der Waals surface area contributed by atoms with E-state index in [1.165, 1.54) is 11.1 Å². The number of nitrogens with two attached hydrogens (primary N) is 1. The Morgan fingerprint density at radius 2 is 1.89 bits per heavy atom. The number of nitrogens with zero attached hydrogens (tertiary/aromatic N) is 1. The van der Waals surface area contributed by atoms with Crippen molar-refractivity contribution in [2.45, 2.75) is 13.5 Å². The van der Waals surface area contributed by atoms with Crippen LogP contribution in [0.3, 0.4) is 0 Å². The van der Waals surface area contributed by atoms with E-state index in [1.807, 2.05) is 0 Å². The maximum atomic E-state index is 8.85. The summed E-state index contributed by atoms with van der Waals surface area (Å²) in [4.78, 5) is 0. The Morgan fingerprint density at radius 3 is 2.56 bits per heavy atom. The number of benzene rings is 2. The van der Waals surface area contributed by atoms with Gasteiger partial charge in [-0.15, -0.1) is 0 Å². The Hall–Kier alpha value is -2.47. The molecular weight excluding hydrogens is 222 g/mol. The van der Waals surface area contributed by atoms with Crippen LogP contribution in [0.2, 0.25) is 0 Å². The molecule has 0 saturated heterocycles. The zero-order valence-electron chi connectivity index (χ0n) is 10.3. The molecule has 2 rings (SSSR count). The third kappa shape index (κ3) is 2.80. The molecule has 0 bridgehead atoms. The summed E-state index contributed by atoms with van der Waals surface area (Å²) in [7, 11) is 0. The van der Waals surface area contributed by atoms with Gasteiger partial charge in [0.15, 0.2) is 0 Å². The highest BCUT2D eigenvalue weighted by Crippen LogP contribution is 2.20. The monoisotopic (exact) mass is 237 g/mol. The van der Waals surface area contributed by atoms with E-state index in [2.05, 4.69) is 42.6 Å². The SMILES string of the molecule is Cc1ccc(CNc2cc(C#N)ccc2N)cc1. The van der Waals surface area contributed by atoms with E-state index in [9.17, 15) is 0 Å². The average Bonchev–Trinajstić information content (AvgIpc) is 2.40. The van der Waals surface area contributed by atoms with E-state index in [0.717, 1.165) is 5.69 Å². The lowest BCUT2D eigenvalue weighted by molar-refractivity contribution is 1.14. The van der Waals surface area contributed by atoms with Crippen molar-refractivity contribution >= 4 is 11.4 Å². The van der Waals surface area contributed by atoms with Gasteiger partial charge in [0.1, 0.15) is 0 Å². The van der Waals surface area contributed by atoms with Gasteiger partial charge in [-0.3, -0.25) is 0 Å². The third-order valence-corrected chi connectivity index (χ3v) is 2.79. The standard InChI is InChI=1S/C15H15N3/c1-11-2-4-12(5-3-11)10-18-15-8-13(9-16)6-7-14(15)17/h2-8,18H,10,17H2,1H3. The molecule has 0 fully saturated rings. The van der Waals surface area contributed by atoms with Crippen LogP contribution >= 0.6 is 0 Å². The summed E-state index contributed by atoms with van der Waals surface area (Å²) in [6.07, 6.45) is 0. The largest absolute Gasteiger partial charge is 0.397 e. The second-order valence-corrected chi connectivity index (χ2v) is 4.25. The van der Waals surface area contributed by atoms with E-state index in [0.29, 0.717) is 17.8 Å². The van der Waals surface area contributed by atoms with E-state index in [-0.39, 0.29) is 0 Å². The van der Waals surface area contributed by atoms with E-state index in [4.69, 9.17) is 11.0 Å². The molecule has 0 spiro atoms. The van der Waals surface area contributed by atoms with Crippen molar-refractivity contribution in [3.8, 4) is 6.07 Å². The normalized spacial score (nSPS) is 9.78. The first-order chi connectivity index (χ1) is 8.69. The van der Waals surface area contributed by atoms with Crippen LogP contribution in [0, 0.1) is 18.3 Å². The second kappa shape index (κ2) is 5.24. The van der Waals surface area contributed by atoms with Crippen LogP contribution < -0.4 is 11.1 Å². The summed E-state index contributed by atoms with van der Waals surface area (Å²) in [6, 6.07) is 15.6. The lowest BCUT2D eigenvalue weighted by atomic mass is 10.1. The number of aryl methyl sites for hydroxylation is 1. The van der Waals surface area contributed by atoms with Crippen LogP contribution in [0.25, 0.3) is 0 Å². The molecular formula is C15H15N3. The van der Waals surface area contributed by atoms with E-state index in [1.54, 1.807) is 18.2 Å². The van der Waals surface area contributed by atoms with Crippen molar-refractivity contribution in [2.75, 3.05) is 11.1 Å². The first-order valence-corrected chi connectivity index (χ1v) is 5.78. The molecule has 0 aliphatic carbocycles. The lowest BCUT2D eigenvalue weighted by Gasteiger charge is -2.09. The minimum atomic E-state index is 0.607. The smallest absolute Gasteiger partial charge is 0.0992 e. The minimum absolute atomic E-state index is 0.607. The molecule has 0 saturated carbocycles. The summed E-state index contributed by atoms with van der Waals surface area (Å²) in [5.41, 5.74) is 10.3. The summed E-state index contributed by atoms with van der Waals surface area (Å²) in [6.45, 7) is 2.75. The van der Waals surface area contributed by atoms with Gasteiger partial charge >= 0.3 is 0 Å². The number of nitrogens with one attached hydrogen (secondary N) is 1. The van der Waals surface area contributed by atoms with Gasteiger partial charge < -0.3 is 11.1 Å². The Balaban J connectivity index is 2.10. The molecule has 0 radical (unpaired) electrons. The molecule has 0 aromatic heterocycles. The van der Waals surface area contributed by atoms with Crippen molar-refractivity contribution < 1.29 is 0 Å². The number of anilines is 2. The molecule has 2 aromatic carbocycles. The number of rotatable bonds is 3. The molecule has 0 unspecified atom stereocenters. The fourth-order valence-electron chi connectivity index (χ4n) is 1.68. The molecule has 3 nitrogen and oxygen atoms in total. The van der Waals surface area contributed by atoms with Crippen LogP contribution in [-0.4, -0.2) is 0 Å². The topological polar surface area (TPSA) is 61.8 Å². The van der Waals surface area contributed by atoms with Gasteiger partial charge in [0.25, 0.3) is 0 Å². The zero-order chi connectivity index (χ0) is 13.0. The van der Waals surface area contributed by atoms with Crippen molar-refractivity contribution in [3.05, 3.63) is 59.2 Å². The van der Waals surface area contributed by atoms with Crippen LogP contribution in [0.4, 0.5) is 11.4 Å². The number of hydrogen-bond donors (Lipinski definition) is 2. The molecule has 90 valence electrons. The van der Waals surface area contributed by atoms with Crippen molar-refractivity contribution in [2.24, 2.45) is 0 Å². The molecule has 0 amide bonds. The first-order valence-electron chi connectivity index (χ1n) is 5.78. The average molecular weight is 237 g/mol. The summed E-state index contributed by atoms with van der Waals surface area (Å²) >= 11 is 0. The van der Waals surface area contributed by atoms with Gasteiger partial charge in [0, 0.05) is 6.54 Å². The quantitative estimate of drug-likeness (QED) is 0.806. The molecule has 0 atom stereocenters. The Bertz CT molecular complexity index is 580. The summed E-state index contributed by atoms with van der Waals surface area (Å²) in [5, 5.41) is 12.1. The highest BCUT2D eigenvalue weighted by molar-refractivity contribution is 5.68. The van der Waals surface area contributed by atoms with E-state index >= 15 is 0 Å². The maximum absolute atomic E-state index is 8.85. The minimum Gasteiger partial charge on any atom is -0.397 e. The van der Waals surface area contributed by atoms with Crippen LogP contribution in [0.5, 0.6) is 0 Å². The molecule has 2 aromatic rings. The van der Waals surface area contributed by atoms with Gasteiger partial charge in [-0.25, -0.2) is 0 Å². The van der Waals surface area contributed by atoms with Crippen molar-refractivity contribution in [1.29, 1.82) is 5.26 Å². The van der Waals surface area contributed by atoms with Gasteiger partial charge in [0.05, 0.1) is 23.0 Å². The van der Waals surface area contributed by atoms with Crippen LogP contribution in [-0.2, 0) is 6.54 Å². The Morgan fingerprint density at radius 1 is 1.17 bits per heavy atom. The molecule has 3 N–H and O–H groups in total. The fourth-order valence-corrected chi connectivity index (χ4v) is 1.68. The predicted molar refractivity (Wildman–Crippen MR) is 74.1 cm³/mol. The highest BCUT2D eigenvalue weighted by atomic mass is 14.9. The van der Waals surface area contributed by atoms with Crippen LogP contribution in [0.15, 0.2) is 42.5 Å². The van der Waals surface area contributed by atoms with Gasteiger partial charge in [0.2, 0.25) is 0 Å². The van der Waals surface area contributed by atoms with E-state index < -0.39 is 0 Å². The lowest BCUT2D eigenvalue weighted by Crippen LogP contribution is -2.02. The molecule has 3 heteroatoms. The van der Waals surface area contributed by atoms with Crippen molar-refractivity contribution in [1.82, 2.24) is 0 Å². The number of hydrogen-bond acceptors (Lipinski definition) is 3. The Labute approximate surface area is 107 Å². The Kier molecular flexibility index (Phi) is 3.49. The third-order valence-electron chi connectivity index (χ3n) is 2.79. The van der Waals surface area contributed by atoms with Crippen LogP contribution in [0.1, 0.15) is 16.7 Å². The fraction of sp³-hybridized carbons (Fsp3) is 0.133.